The predicted molar refractivity (Wildman–Crippen MR) is 103 cm³/mol. The smallest absolute Gasteiger partial charge is 0.355 e. The van der Waals surface area contributed by atoms with Crippen molar-refractivity contribution in [3.8, 4) is 5.69 Å². The Labute approximate surface area is 163 Å². The number of nitrogens with zero attached hydrogens (tertiary/aromatic N) is 3. The lowest BCUT2D eigenvalue weighted by Crippen LogP contribution is -2.35. The SMILES string of the molecule is CCN(CC)CCNC(=O)Cc1c(C)nn(-c2cccc(C(F)(F)F)c2)c1C. The molecule has 0 atom stereocenters. The number of halogens is 3. The van der Waals surface area contributed by atoms with Gasteiger partial charge in [-0.25, -0.2) is 4.68 Å². The average Bonchev–Trinajstić information content (AvgIpc) is 2.93. The molecule has 0 unspecified atom stereocenters. The molecule has 5 nitrogen and oxygen atoms in total. The number of amides is 1. The van der Waals surface area contributed by atoms with Crippen LogP contribution in [-0.2, 0) is 17.4 Å². The number of hydrogen-bond acceptors (Lipinski definition) is 3. The van der Waals surface area contributed by atoms with Gasteiger partial charge in [0.25, 0.3) is 0 Å². The van der Waals surface area contributed by atoms with Crippen LogP contribution in [0.5, 0.6) is 0 Å². The van der Waals surface area contributed by atoms with E-state index < -0.39 is 11.7 Å². The highest BCUT2D eigenvalue weighted by Crippen LogP contribution is 2.30. The second kappa shape index (κ2) is 9.23. The van der Waals surface area contributed by atoms with E-state index in [4.69, 9.17) is 0 Å². The van der Waals surface area contributed by atoms with Crippen molar-refractivity contribution in [1.82, 2.24) is 20.0 Å². The molecular formula is C20H27F3N4O. The Hall–Kier alpha value is -2.35. The van der Waals surface area contributed by atoms with Crippen LogP contribution >= 0.6 is 0 Å². The molecule has 8 heteroatoms. The van der Waals surface area contributed by atoms with Crippen LogP contribution in [0.1, 0.15) is 36.4 Å². The Morgan fingerprint density at radius 3 is 2.50 bits per heavy atom. The molecule has 0 saturated heterocycles. The maximum Gasteiger partial charge on any atom is 0.416 e. The monoisotopic (exact) mass is 396 g/mol. The predicted octanol–water partition coefficient (Wildman–Crippen LogP) is 3.51. The third-order valence-electron chi connectivity index (χ3n) is 4.84. The van der Waals surface area contributed by atoms with E-state index in [9.17, 15) is 18.0 Å². The molecule has 1 N–H and O–H groups in total. The van der Waals surface area contributed by atoms with Crippen molar-refractivity contribution in [1.29, 1.82) is 0 Å². The van der Waals surface area contributed by atoms with Crippen molar-refractivity contribution in [2.45, 2.75) is 40.3 Å². The first-order valence-electron chi connectivity index (χ1n) is 9.39. The zero-order valence-corrected chi connectivity index (χ0v) is 16.7. The number of benzene rings is 1. The van der Waals surface area contributed by atoms with E-state index in [1.807, 2.05) is 0 Å². The number of nitrogens with one attached hydrogen (secondary N) is 1. The van der Waals surface area contributed by atoms with Crippen LogP contribution in [0.15, 0.2) is 24.3 Å². The molecule has 0 spiro atoms. The molecule has 0 aliphatic rings. The van der Waals surface area contributed by atoms with Crippen molar-refractivity contribution < 1.29 is 18.0 Å². The van der Waals surface area contributed by atoms with Crippen molar-refractivity contribution >= 4 is 5.91 Å². The van der Waals surface area contributed by atoms with Gasteiger partial charge in [-0.05, 0) is 45.1 Å². The van der Waals surface area contributed by atoms with E-state index in [-0.39, 0.29) is 12.3 Å². The second-order valence-electron chi connectivity index (χ2n) is 6.66. The van der Waals surface area contributed by atoms with Gasteiger partial charge in [0, 0.05) is 24.3 Å². The van der Waals surface area contributed by atoms with Gasteiger partial charge in [-0.1, -0.05) is 19.9 Å². The summed E-state index contributed by atoms with van der Waals surface area (Å²) in [6.07, 6.45) is -4.27. The number of alkyl halides is 3. The van der Waals surface area contributed by atoms with Crippen LogP contribution in [0, 0.1) is 13.8 Å². The van der Waals surface area contributed by atoms with Gasteiger partial charge in [-0.2, -0.15) is 18.3 Å². The van der Waals surface area contributed by atoms with Crippen LogP contribution in [-0.4, -0.2) is 46.8 Å². The fourth-order valence-electron chi connectivity index (χ4n) is 3.11. The molecule has 1 heterocycles. The van der Waals surface area contributed by atoms with Crippen LogP contribution in [0.2, 0.25) is 0 Å². The van der Waals surface area contributed by atoms with Crippen LogP contribution < -0.4 is 5.32 Å². The maximum absolute atomic E-state index is 13.0. The van der Waals surface area contributed by atoms with Gasteiger partial charge in [-0.3, -0.25) is 4.79 Å². The molecule has 0 saturated carbocycles. The third kappa shape index (κ3) is 5.34. The van der Waals surface area contributed by atoms with E-state index in [0.29, 0.717) is 23.6 Å². The lowest BCUT2D eigenvalue weighted by molar-refractivity contribution is -0.137. The molecule has 0 aliphatic carbocycles. The molecule has 1 amide bonds. The van der Waals surface area contributed by atoms with Crippen LogP contribution in [0.4, 0.5) is 13.2 Å². The average molecular weight is 396 g/mol. The van der Waals surface area contributed by atoms with E-state index in [1.165, 1.54) is 10.7 Å². The Morgan fingerprint density at radius 1 is 1.21 bits per heavy atom. The van der Waals surface area contributed by atoms with E-state index in [0.717, 1.165) is 37.3 Å². The van der Waals surface area contributed by atoms with E-state index in [1.54, 1.807) is 19.9 Å². The van der Waals surface area contributed by atoms with Gasteiger partial charge >= 0.3 is 6.18 Å². The fraction of sp³-hybridized carbons (Fsp3) is 0.500. The number of hydrogen-bond donors (Lipinski definition) is 1. The largest absolute Gasteiger partial charge is 0.416 e. The number of aromatic nitrogens is 2. The Kier molecular flexibility index (Phi) is 7.23. The second-order valence-corrected chi connectivity index (χ2v) is 6.66. The Morgan fingerprint density at radius 2 is 1.89 bits per heavy atom. The summed E-state index contributed by atoms with van der Waals surface area (Å²) in [7, 11) is 0. The number of likely N-dealkylation sites (N-methyl/N-ethyl adjacent to an activating group) is 1. The lowest BCUT2D eigenvalue weighted by Gasteiger charge is -2.17. The van der Waals surface area contributed by atoms with Gasteiger partial charge in [0.15, 0.2) is 0 Å². The van der Waals surface area contributed by atoms with Crippen molar-refractivity contribution in [3.63, 3.8) is 0 Å². The Balaban J connectivity index is 2.13. The molecule has 0 radical (unpaired) electrons. The minimum absolute atomic E-state index is 0.123. The first-order valence-corrected chi connectivity index (χ1v) is 9.39. The first kappa shape index (κ1) is 21.9. The maximum atomic E-state index is 13.0. The first-order chi connectivity index (χ1) is 13.2. The van der Waals surface area contributed by atoms with E-state index >= 15 is 0 Å². The summed E-state index contributed by atoms with van der Waals surface area (Å²) in [5.74, 6) is -0.123. The number of rotatable bonds is 8. The molecule has 2 aromatic rings. The minimum Gasteiger partial charge on any atom is -0.355 e. The van der Waals surface area contributed by atoms with Crippen LogP contribution in [0.3, 0.4) is 0 Å². The van der Waals surface area contributed by atoms with Gasteiger partial charge in [0.05, 0.1) is 23.4 Å². The quantitative estimate of drug-likeness (QED) is 0.743. The molecule has 28 heavy (non-hydrogen) atoms. The summed E-state index contributed by atoms with van der Waals surface area (Å²) >= 11 is 0. The number of carbonyl (C=O) groups excluding carboxylic acids is 1. The summed E-state index contributed by atoms with van der Waals surface area (Å²) in [5.41, 5.74) is 1.62. The molecular weight excluding hydrogens is 369 g/mol. The van der Waals surface area contributed by atoms with Crippen molar-refractivity contribution in [3.05, 3.63) is 46.8 Å². The molecule has 154 valence electrons. The minimum atomic E-state index is -4.42. The Bertz CT molecular complexity index is 810. The van der Waals surface area contributed by atoms with Gasteiger partial charge in [0.2, 0.25) is 5.91 Å². The van der Waals surface area contributed by atoms with Crippen LogP contribution in [0.25, 0.3) is 5.69 Å². The zero-order valence-electron chi connectivity index (χ0n) is 16.7. The summed E-state index contributed by atoms with van der Waals surface area (Å²) in [6.45, 7) is 10.8. The summed E-state index contributed by atoms with van der Waals surface area (Å²) in [6, 6.07) is 5.02. The molecule has 0 fully saturated rings. The van der Waals surface area contributed by atoms with Gasteiger partial charge < -0.3 is 10.2 Å². The number of carbonyl (C=O) groups is 1. The third-order valence-corrected chi connectivity index (χ3v) is 4.84. The van der Waals surface area contributed by atoms with Crippen molar-refractivity contribution in [2.24, 2.45) is 0 Å². The topological polar surface area (TPSA) is 50.2 Å². The van der Waals surface area contributed by atoms with Crippen molar-refractivity contribution in [2.75, 3.05) is 26.2 Å². The molecule has 0 aliphatic heterocycles. The standard InChI is InChI=1S/C20H27F3N4O/c1-5-26(6-2)11-10-24-19(28)13-18-14(3)25-27(15(18)4)17-9-7-8-16(12-17)20(21,22)23/h7-9,12H,5-6,10-11,13H2,1-4H3,(H,24,28). The zero-order chi connectivity index (χ0) is 20.9. The van der Waals surface area contributed by atoms with Gasteiger partial charge in [-0.15, -0.1) is 0 Å². The number of aryl methyl sites for hydroxylation is 1. The highest BCUT2D eigenvalue weighted by atomic mass is 19.4. The fourth-order valence-corrected chi connectivity index (χ4v) is 3.11. The van der Waals surface area contributed by atoms with E-state index in [2.05, 4.69) is 29.2 Å². The van der Waals surface area contributed by atoms with Gasteiger partial charge in [0.1, 0.15) is 0 Å². The highest BCUT2D eigenvalue weighted by molar-refractivity contribution is 5.79. The summed E-state index contributed by atoms with van der Waals surface area (Å²) < 4.78 is 40.4. The molecule has 0 bridgehead atoms. The lowest BCUT2D eigenvalue weighted by atomic mass is 10.1. The summed E-state index contributed by atoms with van der Waals surface area (Å²) in [5, 5.41) is 7.25. The highest BCUT2D eigenvalue weighted by Gasteiger charge is 2.30. The normalized spacial score (nSPS) is 11.9. The molecule has 1 aromatic heterocycles. The summed E-state index contributed by atoms with van der Waals surface area (Å²) in [4.78, 5) is 14.5. The molecule has 1 aromatic carbocycles. The molecule has 2 rings (SSSR count).